The molecule has 0 N–H and O–H groups in total. The van der Waals surface area contributed by atoms with Crippen molar-refractivity contribution < 1.29 is 0 Å². The maximum Gasteiger partial charge on any atom is 0.0946 e. The van der Waals surface area contributed by atoms with Crippen molar-refractivity contribution in [2.45, 2.75) is 6.42 Å². The molecule has 0 aliphatic carbocycles. The van der Waals surface area contributed by atoms with Crippen LogP contribution in [0.5, 0.6) is 0 Å². The van der Waals surface area contributed by atoms with E-state index in [9.17, 15) is 0 Å². The molecule has 0 bridgehead atoms. The van der Waals surface area contributed by atoms with E-state index in [0.29, 0.717) is 0 Å². The molecule has 0 spiro atoms. The summed E-state index contributed by atoms with van der Waals surface area (Å²) in [7, 11) is 1.96. The number of hydrogen-bond donors (Lipinski definition) is 0. The molecule has 0 fully saturated rings. The lowest BCUT2D eigenvalue weighted by molar-refractivity contribution is 0.912. The van der Waals surface area contributed by atoms with Gasteiger partial charge in [0.25, 0.3) is 0 Å². The summed E-state index contributed by atoms with van der Waals surface area (Å²) in [6.07, 6.45) is 6.49. The summed E-state index contributed by atoms with van der Waals surface area (Å²) in [6.45, 7) is 3.62. The minimum Gasteiger partial charge on any atom is -0.340 e. The number of nitrogens with zero attached hydrogens (tertiary/aromatic N) is 2. The SMILES string of the molecule is C=CCc1cn(C)cn1.I. The standard InChI is InChI=1S/C7H10N2.HI/c1-3-4-7-5-9(2)6-8-7;/h3,5-6H,1,4H2,2H3;1H. The first-order valence-electron chi connectivity index (χ1n) is 2.90. The van der Waals surface area contributed by atoms with E-state index in [4.69, 9.17) is 0 Å². The van der Waals surface area contributed by atoms with Crippen LogP contribution in [0.25, 0.3) is 0 Å². The van der Waals surface area contributed by atoms with Crippen LogP contribution in [0.15, 0.2) is 25.2 Å². The first kappa shape index (κ1) is 9.68. The summed E-state index contributed by atoms with van der Waals surface area (Å²) in [5.41, 5.74) is 1.08. The first-order chi connectivity index (χ1) is 4.33. The van der Waals surface area contributed by atoms with Crippen LogP contribution in [0.3, 0.4) is 0 Å². The van der Waals surface area contributed by atoms with Crippen molar-refractivity contribution in [2.75, 3.05) is 0 Å². The van der Waals surface area contributed by atoms with Crippen LogP contribution < -0.4 is 0 Å². The minimum absolute atomic E-state index is 0. The van der Waals surface area contributed by atoms with Crippen LogP contribution in [0.2, 0.25) is 0 Å². The zero-order valence-corrected chi connectivity index (χ0v) is 8.28. The zero-order valence-electron chi connectivity index (χ0n) is 5.95. The molecule has 1 rings (SSSR count). The molecule has 0 atom stereocenters. The summed E-state index contributed by atoms with van der Waals surface area (Å²) in [5.74, 6) is 0. The van der Waals surface area contributed by atoms with Gasteiger partial charge in [0.05, 0.1) is 12.0 Å². The molecule has 3 heteroatoms. The Labute approximate surface area is 78.0 Å². The molecule has 0 radical (unpaired) electrons. The van der Waals surface area contributed by atoms with Crippen molar-refractivity contribution in [2.24, 2.45) is 7.05 Å². The molecule has 0 saturated heterocycles. The molecule has 0 amide bonds. The largest absolute Gasteiger partial charge is 0.340 e. The van der Waals surface area contributed by atoms with Gasteiger partial charge in [-0.3, -0.25) is 0 Å². The van der Waals surface area contributed by atoms with Crippen LogP contribution >= 0.6 is 24.0 Å². The topological polar surface area (TPSA) is 17.8 Å². The highest BCUT2D eigenvalue weighted by molar-refractivity contribution is 14.0. The first-order valence-corrected chi connectivity index (χ1v) is 2.90. The predicted molar refractivity (Wildman–Crippen MR) is 52.5 cm³/mol. The Balaban J connectivity index is 0.000000810. The zero-order chi connectivity index (χ0) is 6.69. The van der Waals surface area contributed by atoms with Gasteiger partial charge in [-0.2, -0.15) is 0 Å². The summed E-state index contributed by atoms with van der Waals surface area (Å²) in [4.78, 5) is 4.10. The summed E-state index contributed by atoms with van der Waals surface area (Å²) < 4.78 is 1.93. The summed E-state index contributed by atoms with van der Waals surface area (Å²) in [6, 6.07) is 0. The van der Waals surface area contributed by atoms with Gasteiger partial charge < -0.3 is 4.57 Å². The minimum atomic E-state index is 0. The van der Waals surface area contributed by atoms with E-state index in [0.717, 1.165) is 12.1 Å². The Morgan fingerprint density at radius 1 is 1.80 bits per heavy atom. The average molecular weight is 250 g/mol. The predicted octanol–water partition coefficient (Wildman–Crippen LogP) is 1.77. The van der Waals surface area contributed by atoms with E-state index in [1.165, 1.54) is 0 Å². The second-order valence-electron chi connectivity index (χ2n) is 2.02. The van der Waals surface area contributed by atoms with Gasteiger partial charge in [0, 0.05) is 19.7 Å². The van der Waals surface area contributed by atoms with E-state index < -0.39 is 0 Å². The maximum atomic E-state index is 4.10. The van der Waals surface area contributed by atoms with Gasteiger partial charge in [0.1, 0.15) is 0 Å². The van der Waals surface area contributed by atoms with Crippen molar-refractivity contribution in [1.29, 1.82) is 0 Å². The van der Waals surface area contributed by atoms with Crippen LogP contribution in [-0.4, -0.2) is 9.55 Å². The number of allylic oxidation sites excluding steroid dienone is 1. The van der Waals surface area contributed by atoms with Gasteiger partial charge in [-0.05, 0) is 0 Å². The Bertz CT molecular complexity index is 205. The second kappa shape index (κ2) is 4.49. The van der Waals surface area contributed by atoms with E-state index in [1.807, 2.05) is 23.9 Å². The van der Waals surface area contributed by atoms with E-state index >= 15 is 0 Å². The average Bonchev–Trinajstić information content (AvgIpc) is 2.17. The Morgan fingerprint density at radius 2 is 2.50 bits per heavy atom. The quantitative estimate of drug-likeness (QED) is 0.577. The molecule has 0 aliphatic heterocycles. The summed E-state index contributed by atoms with van der Waals surface area (Å²) in [5, 5.41) is 0. The third-order valence-corrected chi connectivity index (χ3v) is 1.11. The van der Waals surface area contributed by atoms with E-state index in [1.54, 1.807) is 6.33 Å². The highest BCUT2D eigenvalue weighted by Crippen LogP contribution is 1.94. The van der Waals surface area contributed by atoms with Crippen molar-refractivity contribution in [3.8, 4) is 0 Å². The molecule has 0 saturated carbocycles. The molecule has 56 valence electrons. The molecule has 1 heterocycles. The fourth-order valence-corrected chi connectivity index (χ4v) is 0.720. The highest BCUT2D eigenvalue weighted by atomic mass is 127. The number of imidazole rings is 1. The van der Waals surface area contributed by atoms with Crippen LogP contribution in [0.1, 0.15) is 5.69 Å². The van der Waals surface area contributed by atoms with Crippen molar-refractivity contribution in [3.05, 3.63) is 30.9 Å². The maximum absolute atomic E-state index is 4.10. The third-order valence-electron chi connectivity index (χ3n) is 1.11. The molecule has 1 aromatic rings. The smallest absolute Gasteiger partial charge is 0.0946 e. The molecule has 1 aromatic heterocycles. The molecule has 2 nitrogen and oxygen atoms in total. The van der Waals surface area contributed by atoms with Crippen molar-refractivity contribution >= 4 is 24.0 Å². The number of hydrogen-bond acceptors (Lipinski definition) is 1. The Hall–Kier alpha value is -0.320. The van der Waals surface area contributed by atoms with Gasteiger partial charge in [-0.15, -0.1) is 30.6 Å². The highest BCUT2D eigenvalue weighted by Gasteiger charge is 1.89. The van der Waals surface area contributed by atoms with Gasteiger partial charge in [0.15, 0.2) is 0 Å². The van der Waals surface area contributed by atoms with E-state index in [-0.39, 0.29) is 24.0 Å². The Kier molecular flexibility index (Phi) is 4.34. The normalized spacial score (nSPS) is 8.50. The lowest BCUT2D eigenvalue weighted by atomic mass is 10.3. The lowest BCUT2D eigenvalue weighted by Gasteiger charge is -1.83. The fourth-order valence-electron chi connectivity index (χ4n) is 0.720. The summed E-state index contributed by atoms with van der Waals surface area (Å²) >= 11 is 0. The Morgan fingerprint density at radius 3 is 2.90 bits per heavy atom. The van der Waals surface area contributed by atoms with Gasteiger partial charge >= 0.3 is 0 Å². The number of aromatic nitrogens is 2. The lowest BCUT2D eigenvalue weighted by Crippen LogP contribution is -1.79. The van der Waals surface area contributed by atoms with Gasteiger partial charge in [0.2, 0.25) is 0 Å². The third kappa shape index (κ3) is 2.51. The number of aryl methyl sites for hydroxylation is 1. The van der Waals surface area contributed by atoms with Crippen molar-refractivity contribution in [3.63, 3.8) is 0 Å². The number of rotatable bonds is 2. The monoisotopic (exact) mass is 250 g/mol. The van der Waals surface area contributed by atoms with Gasteiger partial charge in [-0.25, -0.2) is 4.98 Å². The van der Waals surface area contributed by atoms with Crippen LogP contribution in [0.4, 0.5) is 0 Å². The molecular weight excluding hydrogens is 239 g/mol. The van der Waals surface area contributed by atoms with Crippen LogP contribution in [-0.2, 0) is 13.5 Å². The van der Waals surface area contributed by atoms with E-state index in [2.05, 4.69) is 11.6 Å². The molecule has 0 aliphatic rings. The molecular formula is C7H11IN2. The van der Waals surface area contributed by atoms with Crippen LogP contribution in [0, 0.1) is 0 Å². The second-order valence-corrected chi connectivity index (χ2v) is 2.02. The van der Waals surface area contributed by atoms with Gasteiger partial charge in [-0.1, -0.05) is 6.08 Å². The van der Waals surface area contributed by atoms with Crippen molar-refractivity contribution in [1.82, 2.24) is 9.55 Å². The molecule has 0 aromatic carbocycles. The number of halogens is 1. The molecule has 10 heavy (non-hydrogen) atoms. The molecule has 0 unspecified atom stereocenters. The fraction of sp³-hybridized carbons (Fsp3) is 0.286.